The van der Waals surface area contributed by atoms with E-state index in [9.17, 15) is 8.42 Å². The van der Waals surface area contributed by atoms with E-state index in [0.29, 0.717) is 24.5 Å². The molecular formula is C20H26N2O3S. The Labute approximate surface area is 156 Å². The number of rotatable bonds is 6. The predicted octanol–water partition coefficient (Wildman–Crippen LogP) is 3.79. The molecule has 1 heterocycles. The van der Waals surface area contributed by atoms with Crippen LogP contribution >= 0.6 is 0 Å². The van der Waals surface area contributed by atoms with Crippen molar-refractivity contribution in [2.75, 3.05) is 25.5 Å². The first-order valence-electron chi connectivity index (χ1n) is 8.98. The Morgan fingerprint density at radius 2 is 1.85 bits per heavy atom. The third-order valence-corrected chi connectivity index (χ3v) is 6.67. The fraction of sp³-hybridized carbons (Fsp3) is 0.400. The van der Waals surface area contributed by atoms with Gasteiger partial charge in [-0.3, -0.25) is 0 Å². The van der Waals surface area contributed by atoms with Crippen molar-refractivity contribution < 1.29 is 13.2 Å². The van der Waals surface area contributed by atoms with Gasteiger partial charge in [-0.2, -0.15) is 4.31 Å². The largest absolute Gasteiger partial charge is 0.497 e. The highest BCUT2D eigenvalue weighted by Gasteiger charge is 2.26. The molecule has 1 fully saturated rings. The molecule has 3 rings (SSSR count). The highest BCUT2D eigenvalue weighted by molar-refractivity contribution is 7.89. The quantitative estimate of drug-likeness (QED) is 0.836. The number of sulfonamides is 1. The number of aryl methyl sites for hydroxylation is 1. The van der Waals surface area contributed by atoms with Crippen LogP contribution in [0.25, 0.3) is 0 Å². The van der Waals surface area contributed by atoms with Crippen molar-refractivity contribution in [2.24, 2.45) is 0 Å². The first-order chi connectivity index (χ1) is 12.5. The molecule has 0 bridgehead atoms. The number of methoxy groups -OCH3 is 1. The molecule has 2 aromatic carbocycles. The van der Waals surface area contributed by atoms with Crippen LogP contribution in [0.15, 0.2) is 47.4 Å². The van der Waals surface area contributed by atoms with Gasteiger partial charge < -0.3 is 10.1 Å². The van der Waals surface area contributed by atoms with Gasteiger partial charge in [0, 0.05) is 25.3 Å². The molecule has 0 saturated carbocycles. The molecule has 1 N–H and O–H groups in total. The second-order valence-corrected chi connectivity index (χ2v) is 8.58. The van der Waals surface area contributed by atoms with Crippen LogP contribution in [-0.4, -0.2) is 32.9 Å². The molecule has 0 aromatic heterocycles. The Kier molecular flexibility index (Phi) is 5.84. The van der Waals surface area contributed by atoms with E-state index in [1.54, 1.807) is 23.5 Å². The molecule has 0 radical (unpaired) electrons. The van der Waals surface area contributed by atoms with E-state index in [1.807, 2.05) is 37.3 Å². The van der Waals surface area contributed by atoms with Gasteiger partial charge in [0.05, 0.1) is 12.0 Å². The van der Waals surface area contributed by atoms with Crippen molar-refractivity contribution >= 4 is 15.7 Å². The number of ether oxygens (including phenoxy) is 1. The second kappa shape index (κ2) is 8.10. The lowest BCUT2D eigenvalue weighted by molar-refractivity contribution is 0.346. The Balaban J connectivity index is 1.79. The molecule has 1 aliphatic rings. The van der Waals surface area contributed by atoms with Gasteiger partial charge in [0.2, 0.25) is 10.0 Å². The first-order valence-corrected chi connectivity index (χ1v) is 10.4. The lowest BCUT2D eigenvalue weighted by atomic mass is 10.1. The maximum Gasteiger partial charge on any atom is 0.243 e. The van der Waals surface area contributed by atoms with Crippen LogP contribution in [0.3, 0.4) is 0 Å². The third-order valence-electron chi connectivity index (χ3n) is 4.78. The van der Waals surface area contributed by atoms with Gasteiger partial charge in [0.15, 0.2) is 0 Å². The number of nitrogens with zero attached hydrogens (tertiary/aromatic N) is 1. The van der Waals surface area contributed by atoms with Crippen LogP contribution in [0.2, 0.25) is 0 Å². The van der Waals surface area contributed by atoms with E-state index < -0.39 is 10.0 Å². The van der Waals surface area contributed by atoms with Gasteiger partial charge in [-0.15, -0.1) is 0 Å². The fourth-order valence-corrected chi connectivity index (χ4v) is 4.73. The average molecular weight is 375 g/mol. The molecule has 26 heavy (non-hydrogen) atoms. The topological polar surface area (TPSA) is 58.6 Å². The summed E-state index contributed by atoms with van der Waals surface area (Å²) in [6.45, 7) is 3.81. The summed E-state index contributed by atoms with van der Waals surface area (Å²) < 4.78 is 32.6. The summed E-state index contributed by atoms with van der Waals surface area (Å²) in [4.78, 5) is 0.359. The Bertz CT molecular complexity index is 859. The van der Waals surface area contributed by atoms with Crippen LogP contribution in [0.4, 0.5) is 5.69 Å². The van der Waals surface area contributed by atoms with Gasteiger partial charge in [-0.25, -0.2) is 8.42 Å². The van der Waals surface area contributed by atoms with Crippen LogP contribution in [0, 0.1) is 6.92 Å². The summed E-state index contributed by atoms with van der Waals surface area (Å²) in [5, 5.41) is 3.36. The zero-order valence-electron chi connectivity index (χ0n) is 15.4. The molecule has 140 valence electrons. The molecule has 2 aromatic rings. The molecule has 0 atom stereocenters. The van der Waals surface area contributed by atoms with E-state index in [4.69, 9.17) is 4.74 Å². The fourth-order valence-electron chi connectivity index (χ4n) is 3.19. The molecule has 0 spiro atoms. The molecule has 0 amide bonds. The van der Waals surface area contributed by atoms with Crippen molar-refractivity contribution in [3.8, 4) is 5.75 Å². The van der Waals surface area contributed by atoms with Gasteiger partial charge >= 0.3 is 0 Å². The monoisotopic (exact) mass is 374 g/mol. The van der Waals surface area contributed by atoms with Gasteiger partial charge in [-0.05, 0) is 55.2 Å². The van der Waals surface area contributed by atoms with Crippen molar-refractivity contribution in [3.05, 3.63) is 53.6 Å². The molecular weight excluding hydrogens is 348 g/mol. The average Bonchev–Trinajstić information content (AvgIpc) is 2.68. The number of benzene rings is 2. The lowest BCUT2D eigenvalue weighted by Crippen LogP contribution is -2.35. The molecule has 0 unspecified atom stereocenters. The van der Waals surface area contributed by atoms with Crippen molar-refractivity contribution in [3.63, 3.8) is 0 Å². The number of anilines is 1. The van der Waals surface area contributed by atoms with Crippen molar-refractivity contribution in [1.82, 2.24) is 4.31 Å². The van der Waals surface area contributed by atoms with Crippen LogP contribution < -0.4 is 10.1 Å². The molecule has 0 aliphatic carbocycles. The van der Waals surface area contributed by atoms with E-state index in [-0.39, 0.29) is 0 Å². The Hall–Kier alpha value is -2.05. The number of nitrogens with one attached hydrogen (secondary N) is 1. The highest BCUT2D eigenvalue weighted by Crippen LogP contribution is 2.25. The summed E-state index contributed by atoms with van der Waals surface area (Å²) in [5.74, 6) is 0.808. The second-order valence-electron chi connectivity index (χ2n) is 6.65. The van der Waals surface area contributed by atoms with Crippen LogP contribution in [0.1, 0.15) is 30.4 Å². The zero-order valence-corrected chi connectivity index (χ0v) is 16.2. The maximum absolute atomic E-state index is 12.9. The van der Waals surface area contributed by atoms with Crippen LogP contribution in [-0.2, 0) is 16.6 Å². The lowest BCUT2D eigenvalue weighted by Gasteiger charge is -2.26. The van der Waals surface area contributed by atoms with E-state index >= 15 is 0 Å². The first kappa shape index (κ1) is 18.7. The summed E-state index contributed by atoms with van der Waals surface area (Å²) in [6.07, 6.45) is 2.98. The number of hydrogen-bond donors (Lipinski definition) is 1. The normalized spacial score (nSPS) is 15.6. The Morgan fingerprint density at radius 1 is 1.08 bits per heavy atom. The van der Waals surface area contributed by atoms with E-state index in [0.717, 1.165) is 41.8 Å². The van der Waals surface area contributed by atoms with E-state index in [2.05, 4.69) is 5.32 Å². The van der Waals surface area contributed by atoms with E-state index in [1.165, 1.54) is 0 Å². The molecule has 1 aliphatic heterocycles. The number of piperidine rings is 1. The standard InChI is InChI=1S/C20H26N2O3S/c1-16-9-10-19(26(23,24)22-11-4-3-5-12-22)14-20(16)21-15-17-7-6-8-18(13-17)25-2/h6-10,13-14,21H,3-5,11-12,15H2,1-2H3. The minimum absolute atomic E-state index is 0.359. The third kappa shape index (κ3) is 4.19. The number of hydrogen-bond acceptors (Lipinski definition) is 4. The SMILES string of the molecule is COc1cccc(CNc2cc(S(=O)(=O)N3CCCCC3)ccc2C)c1. The Morgan fingerprint density at radius 3 is 2.58 bits per heavy atom. The summed E-state index contributed by atoms with van der Waals surface area (Å²) in [6, 6.07) is 13.1. The summed E-state index contributed by atoms with van der Waals surface area (Å²) in [5.41, 5.74) is 2.93. The van der Waals surface area contributed by atoms with Gasteiger partial charge in [-0.1, -0.05) is 24.6 Å². The van der Waals surface area contributed by atoms with Gasteiger partial charge in [0.1, 0.15) is 5.75 Å². The van der Waals surface area contributed by atoms with Crippen molar-refractivity contribution in [2.45, 2.75) is 37.6 Å². The van der Waals surface area contributed by atoms with Crippen LogP contribution in [0.5, 0.6) is 5.75 Å². The minimum atomic E-state index is -3.42. The summed E-state index contributed by atoms with van der Waals surface area (Å²) in [7, 11) is -1.78. The summed E-state index contributed by atoms with van der Waals surface area (Å²) >= 11 is 0. The maximum atomic E-state index is 12.9. The smallest absolute Gasteiger partial charge is 0.243 e. The minimum Gasteiger partial charge on any atom is -0.497 e. The molecule has 1 saturated heterocycles. The molecule has 5 nitrogen and oxygen atoms in total. The van der Waals surface area contributed by atoms with Gasteiger partial charge in [0.25, 0.3) is 0 Å². The molecule has 6 heteroatoms. The zero-order chi connectivity index (χ0) is 18.6. The van der Waals surface area contributed by atoms with Crippen molar-refractivity contribution in [1.29, 1.82) is 0 Å². The predicted molar refractivity (Wildman–Crippen MR) is 104 cm³/mol. The highest BCUT2D eigenvalue weighted by atomic mass is 32.2.